The third kappa shape index (κ3) is 4.93. The van der Waals surface area contributed by atoms with E-state index in [2.05, 4.69) is 60.0 Å². The third-order valence-electron chi connectivity index (χ3n) is 5.42. The molecule has 2 aliphatic carbocycles. The summed E-state index contributed by atoms with van der Waals surface area (Å²) in [5, 5.41) is 16.0. The van der Waals surface area contributed by atoms with Gasteiger partial charge in [-0.15, -0.1) is 0 Å². The van der Waals surface area contributed by atoms with E-state index < -0.39 is 0 Å². The lowest BCUT2D eigenvalue weighted by Gasteiger charge is -2.30. The second kappa shape index (κ2) is 8.46. The zero-order chi connectivity index (χ0) is 16.8. The maximum absolute atomic E-state index is 8.60. The van der Waals surface area contributed by atoms with Crippen LogP contribution in [0.4, 0.5) is 0 Å². The van der Waals surface area contributed by atoms with Crippen LogP contribution >= 0.6 is 0 Å². The summed E-state index contributed by atoms with van der Waals surface area (Å²) in [5.74, 6) is 0.719. The molecule has 2 atom stereocenters. The second-order valence-electron chi connectivity index (χ2n) is 7.33. The summed E-state index contributed by atoms with van der Waals surface area (Å²) >= 11 is 0. The van der Waals surface area contributed by atoms with Crippen molar-refractivity contribution >= 4 is 6.08 Å². The predicted molar refractivity (Wildman–Crippen MR) is 99.4 cm³/mol. The van der Waals surface area contributed by atoms with Crippen molar-refractivity contribution in [3.8, 4) is 6.07 Å². The van der Waals surface area contributed by atoms with Gasteiger partial charge in [-0.3, -0.25) is 0 Å². The van der Waals surface area contributed by atoms with Gasteiger partial charge in [-0.1, -0.05) is 42.0 Å². The standard InChI is InChI=1S/C21H29N3/c1-16(14-17-6-3-2-4-7-17)20-15-21(20)24-19-10-8-18(9-11-19)23-13-5-12-22/h2-4,6-7,14,18-21,23-24H,5,8-11,13,15H2,1H3/b16-14+/t18-,19-,20-,21+/m0/s1. The molecule has 3 heteroatoms. The molecule has 2 N–H and O–H groups in total. The Balaban J connectivity index is 1.38. The molecule has 2 saturated carbocycles. The molecular formula is C21H29N3. The summed E-state index contributed by atoms with van der Waals surface area (Å²) in [4.78, 5) is 0. The topological polar surface area (TPSA) is 47.8 Å². The maximum Gasteiger partial charge on any atom is 0.0635 e. The van der Waals surface area contributed by atoms with Crippen molar-refractivity contribution in [3.05, 3.63) is 41.5 Å². The van der Waals surface area contributed by atoms with E-state index in [1.54, 1.807) is 0 Å². The lowest BCUT2D eigenvalue weighted by Crippen LogP contribution is -2.41. The van der Waals surface area contributed by atoms with Crippen molar-refractivity contribution in [1.29, 1.82) is 5.26 Å². The Morgan fingerprint density at radius 2 is 1.88 bits per heavy atom. The molecule has 3 nitrogen and oxygen atoms in total. The fraction of sp³-hybridized carbons (Fsp3) is 0.571. The Labute approximate surface area is 146 Å². The van der Waals surface area contributed by atoms with Crippen LogP contribution in [0, 0.1) is 17.2 Å². The van der Waals surface area contributed by atoms with E-state index in [0.29, 0.717) is 24.5 Å². The highest BCUT2D eigenvalue weighted by atomic mass is 15.0. The predicted octanol–water partition coefficient (Wildman–Crippen LogP) is 3.88. The van der Waals surface area contributed by atoms with E-state index in [-0.39, 0.29) is 0 Å². The van der Waals surface area contributed by atoms with Gasteiger partial charge in [0.05, 0.1) is 6.07 Å². The van der Waals surface area contributed by atoms with Gasteiger partial charge in [-0.2, -0.15) is 5.26 Å². The largest absolute Gasteiger partial charge is 0.313 e. The molecule has 3 rings (SSSR count). The van der Waals surface area contributed by atoms with Gasteiger partial charge < -0.3 is 10.6 Å². The minimum atomic E-state index is 0.617. The summed E-state index contributed by atoms with van der Waals surface area (Å²) in [5.41, 5.74) is 2.81. The number of hydrogen-bond acceptors (Lipinski definition) is 3. The summed E-state index contributed by atoms with van der Waals surface area (Å²) in [7, 11) is 0. The van der Waals surface area contributed by atoms with Crippen LogP contribution in [0.25, 0.3) is 6.08 Å². The van der Waals surface area contributed by atoms with Crippen molar-refractivity contribution in [1.82, 2.24) is 10.6 Å². The maximum atomic E-state index is 8.60. The van der Waals surface area contributed by atoms with Crippen LogP contribution in [0.1, 0.15) is 51.0 Å². The van der Waals surface area contributed by atoms with Crippen LogP contribution in [0.15, 0.2) is 35.9 Å². The Morgan fingerprint density at radius 1 is 1.17 bits per heavy atom. The molecule has 1 aromatic rings. The van der Waals surface area contributed by atoms with E-state index in [9.17, 15) is 0 Å². The first kappa shape index (κ1) is 17.2. The molecule has 24 heavy (non-hydrogen) atoms. The molecule has 0 amide bonds. The van der Waals surface area contributed by atoms with Gasteiger partial charge in [0.25, 0.3) is 0 Å². The van der Waals surface area contributed by atoms with Crippen molar-refractivity contribution in [2.75, 3.05) is 6.54 Å². The van der Waals surface area contributed by atoms with Gasteiger partial charge >= 0.3 is 0 Å². The molecule has 0 saturated heterocycles. The SMILES string of the molecule is C/C(=C\c1ccccc1)[C@@H]1C[C@H]1N[C@H]1CC[C@H](NCCC#N)CC1. The van der Waals surface area contributed by atoms with E-state index in [4.69, 9.17) is 5.26 Å². The average Bonchev–Trinajstić information content (AvgIpc) is 3.37. The van der Waals surface area contributed by atoms with Crippen molar-refractivity contribution in [2.45, 2.75) is 63.6 Å². The van der Waals surface area contributed by atoms with Crippen molar-refractivity contribution in [3.63, 3.8) is 0 Å². The molecule has 0 spiro atoms. The van der Waals surface area contributed by atoms with Gasteiger partial charge in [0.2, 0.25) is 0 Å². The number of hydrogen-bond donors (Lipinski definition) is 2. The monoisotopic (exact) mass is 323 g/mol. The van der Waals surface area contributed by atoms with Crippen LogP contribution in [0.2, 0.25) is 0 Å². The molecule has 2 aliphatic rings. The fourth-order valence-electron chi connectivity index (χ4n) is 3.90. The number of nitriles is 1. The quantitative estimate of drug-likeness (QED) is 0.749. The smallest absolute Gasteiger partial charge is 0.0635 e. The Kier molecular flexibility index (Phi) is 6.07. The first-order valence-electron chi connectivity index (χ1n) is 9.36. The summed E-state index contributed by atoms with van der Waals surface area (Å²) in [6.45, 7) is 3.11. The third-order valence-corrected chi connectivity index (χ3v) is 5.42. The van der Waals surface area contributed by atoms with Gasteiger partial charge in [0.1, 0.15) is 0 Å². The van der Waals surface area contributed by atoms with Gasteiger partial charge in [-0.25, -0.2) is 0 Å². The lowest BCUT2D eigenvalue weighted by molar-refractivity contribution is 0.306. The highest BCUT2D eigenvalue weighted by Gasteiger charge is 2.39. The number of nitrogens with zero attached hydrogens (tertiary/aromatic N) is 1. The molecular weight excluding hydrogens is 294 g/mol. The van der Waals surface area contributed by atoms with E-state index >= 15 is 0 Å². The molecule has 0 heterocycles. The molecule has 2 fully saturated rings. The Morgan fingerprint density at radius 3 is 2.58 bits per heavy atom. The highest BCUT2D eigenvalue weighted by Crippen LogP contribution is 2.39. The van der Waals surface area contributed by atoms with Crippen LogP contribution in [0.3, 0.4) is 0 Å². The molecule has 128 valence electrons. The van der Waals surface area contributed by atoms with Gasteiger partial charge in [-0.05, 0) is 50.5 Å². The van der Waals surface area contributed by atoms with E-state index in [0.717, 1.165) is 12.5 Å². The normalized spacial score (nSPS) is 29.9. The van der Waals surface area contributed by atoms with Crippen LogP contribution in [0.5, 0.6) is 0 Å². The zero-order valence-corrected chi connectivity index (χ0v) is 14.7. The molecule has 1 aromatic carbocycles. The summed E-state index contributed by atoms with van der Waals surface area (Å²) in [6.07, 6.45) is 9.23. The minimum absolute atomic E-state index is 0.617. The molecule has 0 bridgehead atoms. The zero-order valence-electron chi connectivity index (χ0n) is 14.7. The van der Waals surface area contributed by atoms with Gasteiger partial charge in [0, 0.05) is 31.1 Å². The minimum Gasteiger partial charge on any atom is -0.313 e. The van der Waals surface area contributed by atoms with Crippen molar-refractivity contribution in [2.24, 2.45) is 5.92 Å². The molecule has 0 aliphatic heterocycles. The Bertz CT molecular complexity index is 579. The van der Waals surface area contributed by atoms with Crippen LogP contribution < -0.4 is 10.6 Å². The molecule has 0 unspecified atom stereocenters. The lowest BCUT2D eigenvalue weighted by atomic mass is 9.91. The number of nitrogens with one attached hydrogen (secondary N) is 2. The first-order valence-corrected chi connectivity index (χ1v) is 9.36. The second-order valence-corrected chi connectivity index (χ2v) is 7.33. The van der Waals surface area contributed by atoms with Crippen LogP contribution in [-0.2, 0) is 0 Å². The average molecular weight is 323 g/mol. The molecule has 0 aromatic heterocycles. The van der Waals surface area contributed by atoms with E-state index in [1.807, 2.05) is 0 Å². The summed E-state index contributed by atoms with van der Waals surface area (Å²) in [6, 6.07) is 14.8. The highest BCUT2D eigenvalue weighted by molar-refractivity contribution is 5.53. The van der Waals surface area contributed by atoms with E-state index in [1.165, 1.54) is 43.2 Å². The first-order chi connectivity index (χ1) is 11.8. The Hall–Kier alpha value is -1.63. The summed E-state index contributed by atoms with van der Waals surface area (Å²) < 4.78 is 0. The van der Waals surface area contributed by atoms with Crippen molar-refractivity contribution < 1.29 is 0 Å². The van der Waals surface area contributed by atoms with Crippen LogP contribution in [-0.4, -0.2) is 24.7 Å². The van der Waals surface area contributed by atoms with Gasteiger partial charge in [0.15, 0.2) is 0 Å². The number of benzene rings is 1. The fourth-order valence-corrected chi connectivity index (χ4v) is 3.90. The molecule has 0 radical (unpaired) electrons. The number of rotatable bonds is 7.